The predicted molar refractivity (Wildman–Crippen MR) is 88.3 cm³/mol. The van der Waals surface area contributed by atoms with E-state index in [2.05, 4.69) is 20.4 Å². The lowest BCUT2D eigenvalue weighted by Crippen LogP contribution is -2.15. The van der Waals surface area contributed by atoms with Crippen molar-refractivity contribution in [3.8, 4) is 5.88 Å². The fraction of sp³-hybridized carbons (Fsp3) is 0.200. The second-order valence-corrected chi connectivity index (χ2v) is 5.18. The summed E-state index contributed by atoms with van der Waals surface area (Å²) in [6.45, 7) is 0. The summed E-state index contributed by atoms with van der Waals surface area (Å²) in [5, 5.41) is 16.5. The van der Waals surface area contributed by atoms with E-state index in [0.717, 1.165) is 0 Å². The lowest BCUT2D eigenvalue weighted by molar-refractivity contribution is 0.0699. The van der Waals surface area contributed by atoms with E-state index < -0.39 is 5.97 Å². The number of nitrogens with zero attached hydrogens (tertiary/aromatic N) is 5. The lowest BCUT2D eigenvalue weighted by Gasteiger charge is -2.16. The third-order valence-corrected chi connectivity index (χ3v) is 3.37. The van der Waals surface area contributed by atoms with E-state index in [1.54, 1.807) is 24.4 Å². The molecule has 0 fully saturated rings. The van der Waals surface area contributed by atoms with E-state index in [9.17, 15) is 9.90 Å². The fourth-order valence-corrected chi connectivity index (χ4v) is 2.27. The number of aromatic carboxylic acids is 1. The molecule has 24 heavy (non-hydrogen) atoms. The highest BCUT2D eigenvalue weighted by molar-refractivity contribution is 5.94. The molecule has 0 amide bonds. The Morgan fingerprint density at radius 1 is 1.42 bits per heavy atom. The molecule has 3 aromatic heterocycles. The molecular formula is C15H16N6O3. The molecule has 0 radical (unpaired) electrons. The topological polar surface area (TPSA) is 105 Å². The summed E-state index contributed by atoms with van der Waals surface area (Å²) < 4.78 is 6.69. The molecule has 0 aromatic carbocycles. The van der Waals surface area contributed by atoms with Crippen molar-refractivity contribution in [1.29, 1.82) is 0 Å². The zero-order valence-electron chi connectivity index (χ0n) is 13.4. The number of rotatable bonds is 5. The molecule has 0 aliphatic rings. The van der Waals surface area contributed by atoms with Crippen molar-refractivity contribution in [2.24, 2.45) is 0 Å². The highest BCUT2D eigenvalue weighted by Gasteiger charge is 2.17. The highest BCUT2D eigenvalue weighted by atomic mass is 16.5. The van der Waals surface area contributed by atoms with Gasteiger partial charge in [0.05, 0.1) is 13.3 Å². The minimum atomic E-state index is -1.08. The van der Waals surface area contributed by atoms with Crippen LogP contribution in [0, 0.1) is 0 Å². The van der Waals surface area contributed by atoms with Crippen LogP contribution < -0.4 is 15.0 Å². The number of nitrogens with one attached hydrogen (secondary N) is 1. The van der Waals surface area contributed by atoms with Crippen LogP contribution in [0.3, 0.4) is 0 Å². The minimum Gasteiger partial charge on any atom is -0.480 e. The van der Waals surface area contributed by atoms with E-state index in [1.807, 2.05) is 19.0 Å². The fourth-order valence-electron chi connectivity index (χ4n) is 2.27. The van der Waals surface area contributed by atoms with Gasteiger partial charge in [-0.05, 0) is 12.1 Å². The number of carboxylic acid groups (broad SMARTS) is 1. The number of ether oxygens (including phenoxy) is 1. The van der Waals surface area contributed by atoms with Gasteiger partial charge in [-0.25, -0.2) is 14.8 Å². The SMILES string of the molecule is COc1ncccc1Nc1cc(N(C)C)n2ncc(C(=O)O)c2n1. The van der Waals surface area contributed by atoms with Crippen LogP contribution in [0.5, 0.6) is 5.88 Å². The van der Waals surface area contributed by atoms with Gasteiger partial charge in [-0.2, -0.15) is 9.61 Å². The van der Waals surface area contributed by atoms with Gasteiger partial charge in [0.2, 0.25) is 5.88 Å². The first-order chi connectivity index (χ1) is 11.5. The number of carboxylic acids is 1. The molecular weight excluding hydrogens is 312 g/mol. The smallest absolute Gasteiger partial charge is 0.341 e. The van der Waals surface area contributed by atoms with E-state index in [1.165, 1.54) is 17.8 Å². The summed E-state index contributed by atoms with van der Waals surface area (Å²) >= 11 is 0. The Labute approximate surface area is 137 Å². The van der Waals surface area contributed by atoms with E-state index in [4.69, 9.17) is 4.74 Å². The monoisotopic (exact) mass is 328 g/mol. The van der Waals surface area contributed by atoms with Gasteiger partial charge < -0.3 is 20.1 Å². The number of methoxy groups -OCH3 is 1. The van der Waals surface area contributed by atoms with E-state index in [0.29, 0.717) is 23.2 Å². The second-order valence-electron chi connectivity index (χ2n) is 5.18. The van der Waals surface area contributed by atoms with Crippen molar-refractivity contribution in [2.45, 2.75) is 0 Å². The summed E-state index contributed by atoms with van der Waals surface area (Å²) in [6, 6.07) is 5.32. The third-order valence-electron chi connectivity index (χ3n) is 3.37. The van der Waals surface area contributed by atoms with Crippen molar-refractivity contribution < 1.29 is 14.6 Å². The molecule has 3 heterocycles. The molecule has 0 spiro atoms. The van der Waals surface area contributed by atoms with Crippen LogP contribution in [0.2, 0.25) is 0 Å². The highest BCUT2D eigenvalue weighted by Crippen LogP contribution is 2.27. The largest absolute Gasteiger partial charge is 0.480 e. The Morgan fingerprint density at radius 2 is 2.21 bits per heavy atom. The van der Waals surface area contributed by atoms with Gasteiger partial charge in [0.25, 0.3) is 0 Å². The molecule has 9 nitrogen and oxygen atoms in total. The molecule has 0 atom stereocenters. The van der Waals surface area contributed by atoms with Crippen molar-refractivity contribution in [3.63, 3.8) is 0 Å². The normalized spacial score (nSPS) is 10.6. The summed E-state index contributed by atoms with van der Waals surface area (Å²) in [5.74, 6) is 0.467. The average Bonchev–Trinajstić information content (AvgIpc) is 2.98. The van der Waals surface area contributed by atoms with Crippen LogP contribution in [-0.2, 0) is 0 Å². The number of aromatic nitrogens is 4. The molecule has 3 rings (SSSR count). The van der Waals surface area contributed by atoms with Crippen molar-refractivity contribution in [2.75, 3.05) is 31.4 Å². The molecule has 9 heteroatoms. The molecule has 0 saturated carbocycles. The van der Waals surface area contributed by atoms with Crippen LogP contribution in [-0.4, -0.2) is 51.9 Å². The molecule has 2 N–H and O–H groups in total. The van der Waals surface area contributed by atoms with Crippen LogP contribution in [0.1, 0.15) is 10.4 Å². The van der Waals surface area contributed by atoms with Crippen molar-refractivity contribution in [3.05, 3.63) is 36.2 Å². The number of pyridine rings is 1. The lowest BCUT2D eigenvalue weighted by atomic mass is 10.3. The maximum atomic E-state index is 11.4. The van der Waals surface area contributed by atoms with Gasteiger partial charge in [0.1, 0.15) is 22.9 Å². The van der Waals surface area contributed by atoms with E-state index >= 15 is 0 Å². The molecule has 0 bridgehead atoms. The van der Waals surface area contributed by atoms with Gasteiger partial charge >= 0.3 is 5.97 Å². The molecule has 0 aliphatic heterocycles. The molecule has 124 valence electrons. The van der Waals surface area contributed by atoms with Gasteiger partial charge in [-0.3, -0.25) is 0 Å². The standard InChI is InChI=1S/C15H16N6O3/c1-20(2)12-7-11(18-10-5-4-6-16-14(10)24-3)19-13-9(15(22)23)8-17-21(12)13/h4-8H,1-3H3,(H,18,19)(H,22,23). The molecule has 3 aromatic rings. The number of hydrogen-bond acceptors (Lipinski definition) is 7. The number of hydrogen-bond donors (Lipinski definition) is 2. The quantitative estimate of drug-likeness (QED) is 0.728. The molecule has 0 aliphatic carbocycles. The average molecular weight is 328 g/mol. The third kappa shape index (κ3) is 2.67. The Morgan fingerprint density at radius 3 is 2.88 bits per heavy atom. The number of anilines is 3. The van der Waals surface area contributed by atoms with Crippen LogP contribution >= 0.6 is 0 Å². The summed E-state index contributed by atoms with van der Waals surface area (Å²) in [5.41, 5.74) is 0.900. The number of fused-ring (bicyclic) bond motifs is 1. The Bertz CT molecular complexity index is 905. The van der Waals surface area contributed by atoms with Gasteiger partial charge in [0.15, 0.2) is 5.65 Å². The molecule has 0 unspecified atom stereocenters. The van der Waals surface area contributed by atoms with Crippen LogP contribution in [0.15, 0.2) is 30.6 Å². The van der Waals surface area contributed by atoms with Crippen LogP contribution in [0.4, 0.5) is 17.3 Å². The van der Waals surface area contributed by atoms with Gasteiger partial charge in [-0.1, -0.05) is 0 Å². The maximum Gasteiger partial charge on any atom is 0.341 e. The van der Waals surface area contributed by atoms with Gasteiger partial charge in [-0.15, -0.1) is 0 Å². The summed E-state index contributed by atoms with van der Waals surface area (Å²) in [6.07, 6.45) is 2.90. The first-order valence-electron chi connectivity index (χ1n) is 7.06. The summed E-state index contributed by atoms with van der Waals surface area (Å²) in [7, 11) is 5.20. The first kappa shape index (κ1) is 15.5. The van der Waals surface area contributed by atoms with Crippen molar-refractivity contribution >= 4 is 28.9 Å². The second kappa shape index (κ2) is 6.03. The zero-order chi connectivity index (χ0) is 17.3. The number of carbonyl (C=O) groups is 1. The first-order valence-corrected chi connectivity index (χ1v) is 7.06. The zero-order valence-corrected chi connectivity index (χ0v) is 13.4. The minimum absolute atomic E-state index is 0.0277. The van der Waals surface area contributed by atoms with Crippen LogP contribution in [0.25, 0.3) is 5.65 Å². The maximum absolute atomic E-state index is 11.4. The van der Waals surface area contributed by atoms with Crippen molar-refractivity contribution in [1.82, 2.24) is 19.6 Å². The Balaban J connectivity index is 2.14. The predicted octanol–water partition coefficient (Wildman–Crippen LogP) is 1.64. The Kier molecular flexibility index (Phi) is 3.90. The summed E-state index contributed by atoms with van der Waals surface area (Å²) in [4.78, 5) is 21.7. The Hall–Kier alpha value is -3.36. The van der Waals surface area contributed by atoms with E-state index in [-0.39, 0.29) is 11.2 Å². The molecule has 0 saturated heterocycles. The van der Waals surface area contributed by atoms with Gasteiger partial charge in [0, 0.05) is 26.4 Å².